The van der Waals surface area contributed by atoms with Gasteiger partial charge in [0.05, 0.1) is 14.4 Å². The third-order valence-electron chi connectivity index (χ3n) is 2.53. The van der Waals surface area contributed by atoms with Crippen LogP contribution in [0.3, 0.4) is 0 Å². The average Bonchev–Trinajstić information content (AvgIpc) is 2.18. The van der Waals surface area contributed by atoms with Gasteiger partial charge in [0, 0.05) is 0 Å². The molecule has 0 aliphatic rings. The Hall–Kier alpha value is -0.653. The van der Waals surface area contributed by atoms with Gasteiger partial charge in [0.25, 0.3) is 10.1 Å². The molecule has 0 aromatic heterocycles. The Kier molecular flexibility index (Phi) is 4.29. The highest BCUT2D eigenvalue weighted by Crippen LogP contribution is 2.12. The first-order valence-corrected chi connectivity index (χ1v) is 7.84. The Morgan fingerprint density at radius 3 is 2.44 bits per heavy atom. The van der Waals surface area contributed by atoms with Crippen LogP contribution in [0.15, 0.2) is 17.0 Å². The van der Waals surface area contributed by atoms with Gasteiger partial charge in [0.2, 0.25) is 0 Å². The molecule has 0 aliphatic heterocycles. The van der Waals surface area contributed by atoms with Crippen LogP contribution in [0, 0.1) is 13.8 Å². The average molecular weight is 256 g/mol. The van der Waals surface area contributed by atoms with E-state index in [1.165, 1.54) is 6.07 Å². The predicted octanol–water partition coefficient (Wildman–Crippen LogP) is 1.71. The van der Waals surface area contributed by atoms with E-state index in [1.54, 1.807) is 6.07 Å². The van der Waals surface area contributed by atoms with E-state index < -0.39 is 10.1 Å². The molecule has 0 unspecified atom stereocenters. The maximum atomic E-state index is 11.2. The second-order valence-electron chi connectivity index (χ2n) is 3.78. The number of hydrogen-bond acceptors (Lipinski definition) is 2. The Bertz CT molecular complexity index is 480. The van der Waals surface area contributed by atoms with Crippen LogP contribution in [0.5, 0.6) is 0 Å². The van der Waals surface area contributed by atoms with E-state index in [0.29, 0.717) is 9.52 Å². The number of hydrogen-bond donors (Lipinski definition) is 1. The van der Waals surface area contributed by atoms with Crippen LogP contribution in [0.2, 0.25) is 6.04 Å². The molecule has 88 valence electrons. The maximum absolute atomic E-state index is 11.2. The van der Waals surface area contributed by atoms with Gasteiger partial charge in [-0.05, 0) is 36.2 Å². The van der Waals surface area contributed by atoms with Crippen molar-refractivity contribution in [2.24, 2.45) is 0 Å². The fraction of sp³-hybridized carbons (Fsp3) is 0.455. The fourth-order valence-electron chi connectivity index (χ4n) is 1.48. The third kappa shape index (κ3) is 2.93. The zero-order valence-corrected chi connectivity index (χ0v) is 11.6. The number of aryl methyl sites for hydroxylation is 1. The number of benzene rings is 1. The van der Waals surface area contributed by atoms with E-state index in [1.807, 2.05) is 13.8 Å². The van der Waals surface area contributed by atoms with E-state index in [-0.39, 0.29) is 4.90 Å². The van der Waals surface area contributed by atoms with E-state index in [9.17, 15) is 8.42 Å². The lowest BCUT2D eigenvalue weighted by atomic mass is 10.1. The molecule has 0 fully saturated rings. The first-order chi connectivity index (χ1) is 7.38. The Labute approximate surface area is 99.5 Å². The summed E-state index contributed by atoms with van der Waals surface area (Å²) in [6.07, 6.45) is 1.01. The van der Waals surface area contributed by atoms with E-state index in [4.69, 9.17) is 4.55 Å². The largest absolute Gasteiger partial charge is 0.294 e. The summed E-state index contributed by atoms with van der Waals surface area (Å²) in [5, 5.41) is 0.782. The molecule has 16 heavy (non-hydrogen) atoms. The van der Waals surface area contributed by atoms with Crippen LogP contribution in [0.1, 0.15) is 24.5 Å². The highest BCUT2D eigenvalue weighted by molar-refractivity contribution is 7.86. The van der Waals surface area contributed by atoms with Crippen LogP contribution in [-0.2, 0) is 10.1 Å². The topological polar surface area (TPSA) is 54.4 Å². The molecule has 0 heterocycles. The van der Waals surface area contributed by atoms with Gasteiger partial charge in [0.1, 0.15) is 0 Å². The van der Waals surface area contributed by atoms with Gasteiger partial charge >= 0.3 is 0 Å². The second-order valence-corrected chi connectivity index (χ2v) is 6.53. The molecular formula is C11H16O3SSi. The van der Waals surface area contributed by atoms with Gasteiger partial charge in [-0.1, -0.05) is 25.5 Å². The highest BCUT2D eigenvalue weighted by atomic mass is 32.2. The van der Waals surface area contributed by atoms with Gasteiger partial charge < -0.3 is 0 Å². The van der Waals surface area contributed by atoms with Crippen LogP contribution >= 0.6 is 0 Å². The molecule has 2 radical (unpaired) electrons. The lowest BCUT2D eigenvalue weighted by Crippen LogP contribution is -2.25. The van der Waals surface area contributed by atoms with E-state index in [2.05, 4.69) is 6.92 Å². The maximum Gasteiger partial charge on any atom is 0.294 e. The van der Waals surface area contributed by atoms with Crippen molar-refractivity contribution >= 4 is 24.8 Å². The number of rotatable bonds is 4. The molecule has 1 N–H and O–H groups in total. The molecule has 1 aromatic rings. The van der Waals surface area contributed by atoms with Crippen molar-refractivity contribution in [2.75, 3.05) is 0 Å². The summed E-state index contributed by atoms with van der Waals surface area (Å²) in [5.74, 6) is 0. The predicted molar refractivity (Wildman–Crippen MR) is 66.2 cm³/mol. The van der Waals surface area contributed by atoms with Gasteiger partial charge in [-0.15, -0.1) is 0 Å². The highest BCUT2D eigenvalue weighted by Gasteiger charge is 2.17. The lowest BCUT2D eigenvalue weighted by molar-refractivity contribution is 0.484. The summed E-state index contributed by atoms with van der Waals surface area (Å²) in [6.45, 7) is 5.91. The standard InChI is InChI=1S/C11H16O3SSi/c1-4-7-16-11-9(3)8(2)5-6-10(11)15(12,13)14/h5-6H,4,7H2,1-3H3,(H,12,13,14). The van der Waals surface area contributed by atoms with Gasteiger partial charge in [-0.3, -0.25) is 4.55 Å². The minimum Gasteiger partial charge on any atom is -0.282 e. The zero-order valence-electron chi connectivity index (χ0n) is 9.74. The van der Waals surface area contributed by atoms with Crippen molar-refractivity contribution in [3.63, 3.8) is 0 Å². The van der Waals surface area contributed by atoms with Crippen LogP contribution in [0.25, 0.3) is 0 Å². The Morgan fingerprint density at radius 1 is 1.31 bits per heavy atom. The van der Waals surface area contributed by atoms with Crippen LogP contribution in [-0.4, -0.2) is 22.5 Å². The molecule has 0 atom stereocenters. The molecular weight excluding hydrogens is 240 g/mol. The quantitative estimate of drug-likeness (QED) is 0.659. The summed E-state index contributed by atoms with van der Waals surface area (Å²) in [7, 11) is -3.66. The Balaban J connectivity index is 3.33. The van der Waals surface area contributed by atoms with Crippen molar-refractivity contribution in [3.05, 3.63) is 23.3 Å². The third-order valence-corrected chi connectivity index (χ3v) is 5.35. The van der Waals surface area contributed by atoms with Gasteiger partial charge in [0.15, 0.2) is 0 Å². The smallest absolute Gasteiger partial charge is 0.282 e. The molecule has 0 spiro atoms. The van der Waals surface area contributed by atoms with E-state index in [0.717, 1.165) is 28.8 Å². The van der Waals surface area contributed by atoms with Crippen molar-refractivity contribution in [2.45, 2.75) is 38.1 Å². The normalized spacial score (nSPS) is 11.8. The molecule has 3 nitrogen and oxygen atoms in total. The van der Waals surface area contributed by atoms with Crippen molar-refractivity contribution in [1.82, 2.24) is 0 Å². The lowest BCUT2D eigenvalue weighted by Gasteiger charge is -2.12. The van der Waals surface area contributed by atoms with Crippen molar-refractivity contribution < 1.29 is 13.0 Å². The fourth-order valence-corrected chi connectivity index (χ4v) is 3.95. The summed E-state index contributed by atoms with van der Waals surface area (Å²) < 4.78 is 31.6. The van der Waals surface area contributed by atoms with Gasteiger partial charge in [-0.25, -0.2) is 0 Å². The monoisotopic (exact) mass is 256 g/mol. The summed E-state index contributed by atoms with van der Waals surface area (Å²) in [4.78, 5) is 0.0717. The molecule has 5 heteroatoms. The minimum absolute atomic E-state index is 0.0717. The molecule has 0 aliphatic carbocycles. The molecule has 1 rings (SSSR count). The van der Waals surface area contributed by atoms with Gasteiger partial charge in [-0.2, -0.15) is 8.42 Å². The molecule has 0 saturated heterocycles. The summed E-state index contributed by atoms with van der Waals surface area (Å²) in [5.41, 5.74) is 2.04. The molecule has 0 saturated carbocycles. The van der Waals surface area contributed by atoms with Crippen molar-refractivity contribution in [3.8, 4) is 0 Å². The minimum atomic E-state index is -4.10. The zero-order chi connectivity index (χ0) is 12.3. The summed E-state index contributed by atoms with van der Waals surface area (Å²) in [6, 6.07) is 4.18. The molecule has 0 bridgehead atoms. The SMILES string of the molecule is CCC[Si]c1c(S(=O)(=O)O)ccc(C)c1C. The molecule has 0 amide bonds. The Morgan fingerprint density at radius 2 is 1.94 bits per heavy atom. The second kappa shape index (κ2) is 5.12. The summed E-state index contributed by atoms with van der Waals surface area (Å²) >= 11 is 0. The van der Waals surface area contributed by atoms with E-state index >= 15 is 0 Å². The van der Waals surface area contributed by atoms with Crippen molar-refractivity contribution in [1.29, 1.82) is 0 Å². The first-order valence-electron chi connectivity index (χ1n) is 5.19. The first kappa shape index (κ1) is 13.4. The van der Waals surface area contributed by atoms with Crippen LogP contribution < -0.4 is 5.19 Å². The van der Waals surface area contributed by atoms with Crippen LogP contribution in [0.4, 0.5) is 0 Å². The molecule has 1 aromatic carbocycles.